The average Bonchev–Trinajstić information content (AvgIpc) is 2.85. The van der Waals surface area contributed by atoms with E-state index in [1.54, 1.807) is 24.3 Å². The van der Waals surface area contributed by atoms with Crippen LogP contribution in [0.15, 0.2) is 100 Å². The molecule has 0 aliphatic carbocycles. The Balaban J connectivity index is 1.53. The van der Waals surface area contributed by atoms with E-state index in [0.29, 0.717) is 17.2 Å². The molecule has 0 saturated heterocycles. The number of fused-ring (bicyclic) bond motifs is 1. The zero-order chi connectivity index (χ0) is 24.1. The second kappa shape index (κ2) is 10.2. The van der Waals surface area contributed by atoms with E-state index in [1.165, 1.54) is 12.1 Å². The molecular weight excluding hydrogens is 516 g/mol. The van der Waals surface area contributed by atoms with Gasteiger partial charge in [-0.25, -0.2) is 8.42 Å². The maximum absolute atomic E-state index is 13.0. The normalized spacial score (nSPS) is 12.1. The highest BCUT2D eigenvalue weighted by atomic mass is 79.9. The van der Waals surface area contributed by atoms with Gasteiger partial charge in [-0.2, -0.15) is 0 Å². The molecule has 4 aromatic rings. The maximum Gasteiger partial charge on any atom is 0.261 e. The first kappa shape index (κ1) is 23.7. The van der Waals surface area contributed by atoms with Crippen molar-refractivity contribution < 1.29 is 18.0 Å². The highest BCUT2D eigenvalue weighted by molar-refractivity contribution is 9.10. The van der Waals surface area contributed by atoms with Gasteiger partial charge in [-0.15, -0.1) is 0 Å². The fourth-order valence-electron chi connectivity index (χ4n) is 3.56. The second-order valence-corrected chi connectivity index (χ2v) is 10.3. The Bertz CT molecular complexity index is 1460. The van der Waals surface area contributed by atoms with Crippen molar-refractivity contribution in [1.82, 2.24) is 5.32 Å². The smallest absolute Gasteiger partial charge is 0.261 e. The first-order valence-corrected chi connectivity index (χ1v) is 12.7. The van der Waals surface area contributed by atoms with Gasteiger partial charge in [-0.05, 0) is 69.0 Å². The first-order chi connectivity index (χ1) is 16.4. The molecule has 172 valence electrons. The summed E-state index contributed by atoms with van der Waals surface area (Å²) in [4.78, 5) is 24.5. The molecule has 0 saturated carbocycles. The average molecular weight is 537 g/mol. The molecule has 0 aromatic heterocycles. The summed E-state index contributed by atoms with van der Waals surface area (Å²) in [5.74, 6) is -0.494. The zero-order valence-electron chi connectivity index (χ0n) is 17.9. The lowest BCUT2D eigenvalue weighted by Gasteiger charge is -2.15. The molecular formula is C26H21BrN2O4S. The highest BCUT2D eigenvalue weighted by Gasteiger charge is 2.19. The lowest BCUT2D eigenvalue weighted by molar-refractivity contribution is -0.109. The molecule has 0 bridgehead atoms. The molecule has 0 spiro atoms. The van der Waals surface area contributed by atoms with Crippen LogP contribution in [0.2, 0.25) is 0 Å². The van der Waals surface area contributed by atoms with E-state index in [-0.39, 0.29) is 16.1 Å². The number of hydrogen-bond donors (Lipinski definition) is 2. The molecule has 1 amide bonds. The number of carbonyl (C=O) groups is 2. The third kappa shape index (κ3) is 5.52. The van der Waals surface area contributed by atoms with Crippen LogP contribution in [0.25, 0.3) is 10.8 Å². The van der Waals surface area contributed by atoms with Gasteiger partial charge >= 0.3 is 0 Å². The van der Waals surface area contributed by atoms with Crippen molar-refractivity contribution in [2.75, 3.05) is 4.72 Å². The monoisotopic (exact) mass is 536 g/mol. The molecule has 1 atom stereocenters. The number of sulfonamides is 1. The molecule has 0 fully saturated rings. The summed E-state index contributed by atoms with van der Waals surface area (Å²) < 4.78 is 28.9. The van der Waals surface area contributed by atoms with Crippen LogP contribution in [0.1, 0.15) is 15.9 Å². The minimum absolute atomic E-state index is 0.115. The van der Waals surface area contributed by atoms with Crippen molar-refractivity contribution in [2.45, 2.75) is 17.4 Å². The van der Waals surface area contributed by atoms with E-state index in [9.17, 15) is 18.0 Å². The number of nitrogens with one attached hydrogen (secondary N) is 2. The number of aldehydes is 1. The number of rotatable bonds is 8. The number of anilines is 1. The Labute approximate surface area is 206 Å². The molecule has 4 rings (SSSR count). The van der Waals surface area contributed by atoms with Gasteiger partial charge in [0.1, 0.15) is 6.29 Å². The minimum Gasteiger partial charge on any atom is -0.342 e. The number of carbonyl (C=O) groups excluding carboxylic acids is 2. The van der Waals surface area contributed by atoms with Gasteiger partial charge in [-0.3, -0.25) is 9.52 Å². The number of hydrogen-bond acceptors (Lipinski definition) is 4. The number of amides is 1. The molecule has 6 nitrogen and oxygen atoms in total. The fraction of sp³-hybridized carbons (Fsp3) is 0.0769. The van der Waals surface area contributed by atoms with Crippen LogP contribution in [0.4, 0.5) is 5.69 Å². The van der Waals surface area contributed by atoms with E-state index in [1.807, 2.05) is 54.6 Å². The van der Waals surface area contributed by atoms with Crippen molar-refractivity contribution >= 4 is 54.6 Å². The van der Waals surface area contributed by atoms with Gasteiger partial charge in [0.15, 0.2) is 0 Å². The number of halogens is 1. The molecule has 0 aliphatic heterocycles. The largest absolute Gasteiger partial charge is 0.342 e. The van der Waals surface area contributed by atoms with Gasteiger partial charge in [-0.1, -0.05) is 60.7 Å². The summed E-state index contributed by atoms with van der Waals surface area (Å²) in [7, 11) is -3.88. The van der Waals surface area contributed by atoms with Gasteiger partial charge in [0, 0.05) is 10.2 Å². The molecule has 34 heavy (non-hydrogen) atoms. The van der Waals surface area contributed by atoms with E-state index >= 15 is 0 Å². The second-order valence-electron chi connectivity index (χ2n) is 7.71. The summed E-state index contributed by atoms with van der Waals surface area (Å²) in [6.07, 6.45) is 1.03. The van der Waals surface area contributed by atoms with Crippen molar-refractivity contribution in [2.24, 2.45) is 0 Å². The maximum atomic E-state index is 13.0. The van der Waals surface area contributed by atoms with Crippen LogP contribution in [-0.4, -0.2) is 26.7 Å². The Morgan fingerprint density at radius 3 is 2.32 bits per heavy atom. The lowest BCUT2D eigenvalue weighted by Crippen LogP contribution is -2.37. The van der Waals surface area contributed by atoms with Crippen LogP contribution in [-0.2, 0) is 21.2 Å². The van der Waals surface area contributed by atoms with Crippen LogP contribution < -0.4 is 10.0 Å². The van der Waals surface area contributed by atoms with Gasteiger partial charge in [0.05, 0.1) is 16.5 Å². The standard InChI is InChI=1S/C26H21BrN2O4S/c27-25-13-11-21(29-34(32,33)23-12-10-19-8-4-5-9-20(19)15-23)16-24(25)26(31)28-22(17-30)14-18-6-2-1-3-7-18/h1-13,15-17,22,29H,14H2,(H,28,31). The molecule has 1 unspecified atom stereocenters. The summed E-state index contributed by atoms with van der Waals surface area (Å²) in [6.45, 7) is 0. The van der Waals surface area contributed by atoms with Crippen LogP contribution >= 0.6 is 15.9 Å². The highest BCUT2D eigenvalue weighted by Crippen LogP contribution is 2.25. The van der Waals surface area contributed by atoms with Crippen LogP contribution in [0.5, 0.6) is 0 Å². The van der Waals surface area contributed by atoms with E-state index in [4.69, 9.17) is 0 Å². The Kier molecular flexibility index (Phi) is 7.09. The third-order valence-corrected chi connectivity index (χ3v) is 7.34. The fourth-order valence-corrected chi connectivity index (χ4v) is 5.07. The Hall–Kier alpha value is -3.49. The molecule has 8 heteroatoms. The topological polar surface area (TPSA) is 92.3 Å². The van der Waals surface area contributed by atoms with Crippen molar-refractivity contribution in [3.63, 3.8) is 0 Å². The third-order valence-electron chi connectivity index (χ3n) is 5.27. The predicted octanol–water partition coefficient (Wildman–Crippen LogP) is 4.94. The van der Waals surface area contributed by atoms with Gasteiger partial charge in [0.25, 0.3) is 15.9 Å². The molecule has 0 aliphatic rings. The van der Waals surface area contributed by atoms with E-state index < -0.39 is 22.0 Å². The molecule has 2 N–H and O–H groups in total. The van der Waals surface area contributed by atoms with E-state index in [2.05, 4.69) is 26.0 Å². The lowest BCUT2D eigenvalue weighted by atomic mass is 10.1. The molecule has 4 aromatic carbocycles. The van der Waals surface area contributed by atoms with Crippen molar-refractivity contribution in [1.29, 1.82) is 0 Å². The van der Waals surface area contributed by atoms with E-state index in [0.717, 1.165) is 16.3 Å². The van der Waals surface area contributed by atoms with Crippen molar-refractivity contribution in [3.8, 4) is 0 Å². The van der Waals surface area contributed by atoms with Gasteiger partial charge in [0.2, 0.25) is 0 Å². The molecule has 0 heterocycles. The molecule has 0 radical (unpaired) electrons. The first-order valence-electron chi connectivity index (χ1n) is 10.5. The van der Waals surface area contributed by atoms with Crippen LogP contribution in [0.3, 0.4) is 0 Å². The Morgan fingerprint density at radius 1 is 0.882 bits per heavy atom. The summed E-state index contributed by atoms with van der Waals surface area (Å²) in [5, 5.41) is 4.44. The predicted molar refractivity (Wildman–Crippen MR) is 136 cm³/mol. The summed E-state index contributed by atoms with van der Waals surface area (Å²) in [5.41, 5.74) is 1.35. The quantitative estimate of drug-likeness (QED) is 0.312. The minimum atomic E-state index is -3.88. The summed E-state index contributed by atoms with van der Waals surface area (Å²) >= 11 is 3.34. The van der Waals surface area contributed by atoms with Crippen molar-refractivity contribution in [3.05, 3.63) is 107 Å². The zero-order valence-corrected chi connectivity index (χ0v) is 20.3. The Morgan fingerprint density at radius 2 is 1.59 bits per heavy atom. The SMILES string of the molecule is O=CC(Cc1ccccc1)NC(=O)c1cc(NS(=O)(=O)c2ccc3ccccc3c2)ccc1Br. The number of benzene rings is 4. The summed E-state index contributed by atoms with van der Waals surface area (Å²) in [6, 6.07) is 25.6. The van der Waals surface area contributed by atoms with Gasteiger partial charge < -0.3 is 10.1 Å². The van der Waals surface area contributed by atoms with Crippen LogP contribution in [0, 0.1) is 0 Å².